The third-order valence-corrected chi connectivity index (χ3v) is 4.23. The maximum Gasteiger partial charge on any atom is 0.278 e. The van der Waals surface area contributed by atoms with E-state index in [0.717, 1.165) is 16.8 Å². The fourth-order valence-corrected chi connectivity index (χ4v) is 2.94. The molecule has 0 fully saturated rings. The van der Waals surface area contributed by atoms with Crippen LogP contribution in [0.15, 0.2) is 54.9 Å². The highest BCUT2D eigenvalue weighted by atomic mass is 16.6. The van der Waals surface area contributed by atoms with E-state index in [2.05, 4.69) is 33.0 Å². The Labute approximate surface area is 146 Å². The number of pyridine rings is 1. The van der Waals surface area contributed by atoms with E-state index >= 15 is 0 Å². The number of fused-ring (bicyclic) bond motifs is 1. The van der Waals surface area contributed by atoms with E-state index in [1.807, 2.05) is 33.3 Å². The molecule has 0 atom stereocenters. The topological polar surface area (TPSA) is 62.5 Å². The Bertz CT molecular complexity index is 924. The van der Waals surface area contributed by atoms with E-state index in [0.29, 0.717) is 11.9 Å². The van der Waals surface area contributed by atoms with E-state index < -0.39 is 0 Å². The number of nitro benzene ring substituents is 1. The molecule has 0 unspecified atom stereocenters. The van der Waals surface area contributed by atoms with Crippen LogP contribution in [0.2, 0.25) is 0 Å². The van der Waals surface area contributed by atoms with E-state index in [4.69, 9.17) is 0 Å². The van der Waals surface area contributed by atoms with E-state index in [9.17, 15) is 10.1 Å². The first-order valence-corrected chi connectivity index (χ1v) is 7.96. The number of nitrogens with zero attached hydrogens (tertiary/aromatic N) is 4. The van der Waals surface area contributed by atoms with Gasteiger partial charge in [-0.1, -0.05) is 12.1 Å². The first-order valence-electron chi connectivity index (χ1n) is 7.96. The number of non-ortho nitro benzene ring substituents is 1. The first kappa shape index (κ1) is 16.7. The van der Waals surface area contributed by atoms with Crippen LogP contribution in [-0.2, 0) is 6.54 Å². The molecule has 0 aliphatic heterocycles. The summed E-state index contributed by atoms with van der Waals surface area (Å²) >= 11 is 0. The van der Waals surface area contributed by atoms with Crippen molar-refractivity contribution >= 4 is 27.8 Å². The quantitative estimate of drug-likeness (QED) is 0.523. The van der Waals surface area contributed by atoms with Crippen LogP contribution in [0.5, 0.6) is 0 Å². The molecule has 2 aromatic carbocycles. The summed E-state index contributed by atoms with van der Waals surface area (Å²) in [4.78, 5) is 19.1. The Hall–Kier alpha value is -3.15. The molecule has 0 aliphatic rings. The number of hydrogen-bond donors (Lipinski definition) is 0. The van der Waals surface area contributed by atoms with Crippen LogP contribution >= 0.6 is 0 Å². The van der Waals surface area contributed by atoms with Crippen LogP contribution in [0.25, 0.3) is 10.8 Å². The Balaban J connectivity index is 1.98. The number of hydrogen-bond acceptors (Lipinski definition) is 5. The minimum absolute atomic E-state index is 0.0786. The predicted octanol–water partition coefficient (Wildman–Crippen LogP) is 3.85. The molecule has 0 aliphatic carbocycles. The van der Waals surface area contributed by atoms with Crippen molar-refractivity contribution in [2.24, 2.45) is 0 Å². The maximum absolute atomic E-state index is 11.2. The average Bonchev–Trinajstić information content (AvgIpc) is 2.60. The first-order chi connectivity index (χ1) is 12.0. The summed E-state index contributed by atoms with van der Waals surface area (Å²) in [7, 11) is 6.02. The van der Waals surface area contributed by atoms with Crippen molar-refractivity contribution in [3.05, 3.63) is 70.5 Å². The van der Waals surface area contributed by atoms with Crippen molar-refractivity contribution in [1.29, 1.82) is 0 Å². The average molecular weight is 336 g/mol. The highest BCUT2D eigenvalue weighted by Crippen LogP contribution is 2.33. The van der Waals surface area contributed by atoms with Crippen LogP contribution in [0.1, 0.15) is 5.56 Å². The van der Waals surface area contributed by atoms with Crippen molar-refractivity contribution in [1.82, 2.24) is 4.98 Å². The van der Waals surface area contributed by atoms with E-state index in [1.54, 1.807) is 24.5 Å². The molecule has 0 amide bonds. The zero-order chi connectivity index (χ0) is 18.0. The number of rotatable bonds is 5. The molecular formula is C19H20N4O2. The zero-order valence-electron chi connectivity index (χ0n) is 14.5. The van der Waals surface area contributed by atoms with Crippen molar-refractivity contribution in [3.63, 3.8) is 0 Å². The van der Waals surface area contributed by atoms with E-state index in [1.165, 1.54) is 5.56 Å². The van der Waals surface area contributed by atoms with Gasteiger partial charge in [-0.2, -0.15) is 0 Å². The fraction of sp³-hybridized carbons (Fsp3) is 0.211. The minimum atomic E-state index is -0.367. The number of benzene rings is 2. The van der Waals surface area contributed by atoms with Gasteiger partial charge in [0, 0.05) is 62.9 Å². The molecule has 0 radical (unpaired) electrons. The van der Waals surface area contributed by atoms with Crippen molar-refractivity contribution in [2.75, 3.05) is 30.9 Å². The smallest absolute Gasteiger partial charge is 0.278 e. The Kier molecular flexibility index (Phi) is 4.52. The summed E-state index contributed by atoms with van der Waals surface area (Å²) < 4.78 is 0. The maximum atomic E-state index is 11.2. The fourth-order valence-electron chi connectivity index (χ4n) is 2.94. The summed E-state index contributed by atoms with van der Waals surface area (Å²) in [5.74, 6) is 0. The zero-order valence-corrected chi connectivity index (χ0v) is 14.5. The number of nitro groups is 1. The van der Waals surface area contributed by atoms with Gasteiger partial charge < -0.3 is 9.80 Å². The van der Waals surface area contributed by atoms with Crippen LogP contribution in [0.4, 0.5) is 17.1 Å². The van der Waals surface area contributed by atoms with Crippen LogP contribution in [0, 0.1) is 10.1 Å². The van der Waals surface area contributed by atoms with Crippen molar-refractivity contribution in [2.45, 2.75) is 6.54 Å². The summed E-state index contributed by atoms with van der Waals surface area (Å²) in [5, 5.41) is 12.6. The molecule has 0 saturated heterocycles. The summed E-state index contributed by atoms with van der Waals surface area (Å²) in [6.07, 6.45) is 3.22. The normalized spacial score (nSPS) is 10.7. The Morgan fingerprint density at radius 3 is 2.60 bits per heavy atom. The molecule has 3 aromatic rings. The second-order valence-corrected chi connectivity index (χ2v) is 6.20. The van der Waals surface area contributed by atoms with Gasteiger partial charge in [-0.3, -0.25) is 15.1 Å². The lowest BCUT2D eigenvalue weighted by molar-refractivity contribution is -0.383. The third kappa shape index (κ3) is 3.38. The lowest BCUT2D eigenvalue weighted by Crippen LogP contribution is -2.17. The number of aromatic nitrogens is 1. The standard InChI is InChI=1S/C19H20N4O2/c1-21(2)15-6-4-5-14(11-15)13-22(3)18-7-8-19(23(24)25)17-12-20-10-9-16(17)18/h4-12H,13H2,1-3H3. The molecule has 0 saturated carbocycles. The predicted molar refractivity (Wildman–Crippen MR) is 101 cm³/mol. The minimum Gasteiger partial charge on any atom is -0.378 e. The van der Waals surface area contributed by atoms with Crippen LogP contribution in [0.3, 0.4) is 0 Å². The molecule has 25 heavy (non-hydrogen) atoms. The van der Waals surface area contributed by atoms with Gasteiger partial charge in [-0.05, 0) is 29.8 Å². The molecule has 3 rings (SSSR count). The third-order valence-electron chi connectivity index (χ3n) is 4.23. The monoisotopic (exact) mass is 336 g/mol. The molecule has 6 heteroatoms. The van der Waals surface area contributed by atoms with Crippen LogP contribution in [-0.4, -0.2) is 31.1 Å². The lowest BCUT2D eigenvalue weighted by atomic mass is 10.1. The molecule has 0 bridgehead atoms. The van der Waals surface area contributed by atoms with Crippen molar-refractivity contribution < 1.29 is 4.92 Å². The molecular weight excluding hydrogens is 316 g/mol. The van der Waals surface area contributed by atoms with Crippen molar-refractivity contribution in [3.8, 4) is 0 Å². The van der Waals surface area contributed by atoms with Gasteiger partial charge in [0.05, 0.1) is 10.3 Å². The Morgan fingerprint density at radius 2 is 1.88 bits per heavy atom. The molecule has 6 nitrogen and oxygen atoms in total. The largest absolute Gasteiger partial charge is 0.378 e. The van der Waals surface area contributed by atoms with Gasteiger partial charge in [0.2, 0.25) is 0 Å². The van der Waals surface area contributed by atoms with Gasteiger partial charge >= 0.3 is 0 Å². The highest BCUT2D eigenvalue weighted by molar-refractivity contribution is 5.99. The lowest BCUT2D eigenvalue weighted by Gasteiger charge is -2.22. The Morgan fingerprint density at radius 1 is 1.08 bits per heavy atom. The summed E-state index contributed by atoms with van der Waals surface area (Å²) in [6, 6.07) is 13.5. The summed E-state index contributed by atoms with van der Waals surface area (Å²) in [5.41, 5.74) is 3.34. The van der Waals surface area contributed by atoms with Gasteiger partial charge in [0.15, 0.2) is 0 Å². The highest BCUT2D eigenvalue weighted by Gasteiger charge is 2.16. The molecule has 0 spiro atoms. The van der Waals surface area contributed by atoms with Gasteiger partial charge in [0.1, 0.15) is 0 Å². The van der Waals surface area contributed by atoms with Gasteiger partial charge in [-0.25, -0.2) is 0 Å². The molecule has 128 valence electrons. The molecule has 1 heterocycles. The van der Waals surface area contributed by atoms with Crippen LogP contribution < -0.4 is 9.80 Å². The summed E-state index contributed by atoms with van der Waals surface area (Å²) in [6.45, 7) is 0.705. The SMILES string of the molecule is CN(C)c1cccc(CN(C)c2ccc([N+](=O)[O-])c3cnccc23)c1. The second kappa shape index (κ2) is 6.76. The molecule has 0 N–H and O–H groups in total. The number of anilines is 2. The van der Waals surface area contributed by atoms with Gasteiger partial charge in [0.25, 0.3) is 5.69 Å². The molecule has 1 aromatic heterocycles. The second-order valence-electron chi connectivity index (χ2n) is 6.20. The van der Waals surface area contributed by atoms with E-state index in [-0.39, 0.29) is 10.6 Å². The van der Waals surface area contributed by atoms with Gasteiger partial charge in [-0.15, -0.1) is 0 Å².